The zero-order valence-electron chi connectivity index (χ0n) is 10.1. The summed E-state index contributed by atoms with van der Waals surface area (Å²) < 4.78 is 0. The zero-order valence-corrected chi connectivity index (χ0v) is 10.1. The highest BCUT2D eigenvalue weighted by Gasteiger charge is 2.31. The summed E-state index contributed by atoms with van der Waals surface area (Å²) in [6.07, 6.45) is 4.33. The van der Waals surface area contributed by atoms with E-state index in [0.717, 1.165) is 25.7 Å². The Morgan fingerprint density at radius 1 is 1.40 bits per heavy atom. The summed E-state index contributed by atoms with van der Waals surface area (Å²) in [5, 5.41) is 3.54. The first-order valence-electron chi connectivity index (χ1n) is 6.06. The maximum atomic E-state index is 11.2. The summed E-state index contributed by atoms with van der Waals surface area (Å²) in [5.41, 5.74) is 5.39. The Hall–Kier alpha value is -0.570. The highest BCUT2D eigenvalue weighted by atomic mass is 16.1. The van der Waals surface area contributed by atoms with Gasteiger partial charge in [0.05, 0.1) is 5.92 Å². The van der Waals surface area contributed by atoms with E-state index in [9.17, 15) is 4.79 Å². The van der Waals surface area contributed by atoms with Crippen LogP contribution < -0.4 is 11.1 Å². The van der Waals surface area contributed by atoms with Gasteiger partial charge in [-0.2, -0.15) is 0 Å². The molecule has 3 nitrogen and oxygen atoms in total. The van der Waals surface area contributed by atoms with Gasteiger partial charge in [0.2, 0.25) is 5.91 Å². The van der Waals surface area contributed by atoms with E-state index < -0.39 is 0 Å². The molecule has 15 heavy (non-hydrogen) atoms. The fourth-order valence-electron chi connectivity index (χ4n) is 2.64. The Morgan fingerprint density at radius 3 is 2.60 bits per heavy atom. The molecule has 1 saturated carbocycles. The van der Waals surface area contributed by atoms with Crippen LogP contribution in [0.1, 0.15) is 46.5 Å². The van der Waals surface area contributed by atoms with Crippen molar-refractivity contribution < 1.29 is 4.79 Å². The van der Waals surface area contributed by atoms with Gasteiger partial charge in [0.25, 0.3) is 0 Å². The Balaban J connectivity index is 2.39. The molecule has 1 aliphatic rings. The first-order valence-corrected chi connectivity index (χ1v) is 6.06. The molecule has 0 bridgehead atoms. The summed E-state index contributed by atoms with van der Waals surface area (Å²) in [7, 11) is 0. The van der Waals surface area contributed by atoms with Gasteiger partial charge in [0, 0.05) is 12.1 Å². The topological polar surface area (TPSA) is 55.1 Å². The summed E-state index contributed by atoms with van der Waals surface area (Å²) >= 11 is 0. The van der Waals surface area contributed by atoms with Crippen LogP contribution >= 0.6 is 0 Å². The van der Waals surface area contributed by atoms with Gasteiger partial charge >= 0.3 is 0 Å². The van der Waals surface area contributed by atoms with Crippen molar-refractivity contribution >= 4 is 5.91 Å². The fourth-order valence-corrected chi connectivity index (χ4v) is 2.64. The third-order valence-corrected chi connectivity index (χ3v) is 3.20. The van der Waals surface area contributed by atoms with Crippen molar-refractivity contribution in [2.45, 2.75) is 58.5 Å². The maximum Gasteiger partial charge on any atom is 0.222 e. The van der Waals surface area contributed by atoms with Gasteiger partial charge < -0.3 is 11.1 Å². The minimum absolute atomic E-state index is 0.0552. The molecule has 3 atom stereocenters. The monoisotopic (exact) mass is 212 g/mol. The van der Waals surface area contributed by atoms with Crippen LogP contribution in [0.25, 0.3) is 0 Å². The molecule has 0 spiro atoms. The number of nitrogens with two attached hydrogens (primary N) is 1. The van der Waals surface area contributed by atoms with Gasteiger partial charge in [-0.15, -0.1) is 0 Å². The van der Waals surface area contributed by atoms with E-state index in [2.05, 4.69) is 26.1 Å². The molecule has 0 radical (unpaired) electrons. The molecule has 0 aromatic heterocycles. The normalized spacial score (nSPS) is 28.3. The molecular formula is C12H24N2O. The van der Waals surface area contributed by atoms with Crippen molar-refractivity contribution in [1.29, 1.82) is 0 Å². The summed E-state index contributed by atoms with van der Waals surface area (Å²) in [6.45, 7) is 6.63. The van der Waals surface area contributed by atoms with E-state index >= 15 is 0 Å². The number of nitrogens with one attached hydrogen (secondary N) is 1. The quantitative estimate of drug-likeness (QED) is 0.728. The van der Waals surface area contributed by atoms with Crippen LogP contribution in [0, 0.1) is 11.8 Å². The van der Waals surface area contributed by atoms with E-state index in [1.54, 1.807) is 0 Å². The molecule has 88 valence electrons. The highest BCUT2D eigenvalue weighted by Crippen LogP contribution is 2.26. The number of carbonyl (C=O) groups excluding carboxylic acids is 1. The predicted molar refractivity (Wildman–Crippen MR) is 62.4 cm³/mol. The molecule has 1 amide bonds. The number of primary amides is 1. The average molecular weight is 212 g/mol. The zero-order chi connectivity index (χ0) is 11.4. The Morgan fingerprint density at radius 2 is 2.07 bits per heavy atom. The number of rotatable bonds is 5. The molecule has 0 aromatic rings. The molecule has 3 unspecified atom stereocenters. The predicted octanol–water partition coefficient (Wildman–Crippen LogP) is 1.66. The van der Waals surface area contributed by atoms with Crippen molar-refractivity contribution in [2.24, 2.45) is 17.6 Å². The second kappa shape index (κ2) is 5.50. The van der Waals surface area contributed by atoms with Crippen LogP contribution in [0.15, 0.2) is 0 Å². The Kier molecular flexibility index (Phi) is 4.58. The number of hydrogen-bond acceptors (Lipinski definition) is 2. The largest absolute Gasteiger partial charge is 0.369 e. The van der Waals surface area contributed by atoms with Crippen molar-refractivity contribution in [2.75, 3.05) is 0 Å². The van der Waals surface area contributed by atoms with Crippen LogP contribution in [0.4, 0.5) is 0 Å². The summed E-state index contributed by atoms with van der Waals surface area (Å²) in [6, 6.07) is 0.797. The van der Waals surface area contributed by atoms with Crippen LogP contribution in [0.2, 0.25) is 0 Å². The van der Waals surface area contributed by atoms with E-state index in [1.165, 1.54) is 0 Å². The lowest BCUT2D eigenvalue weighted by Crippen LogP contribution is -2.43. The van der Waals surface area contributed by atoms with E-state index in [4.69, 9.17) is 5.73 Å². The fraction of sp³-hybridized carbons (Fsp3) is 0.917. The van der Waals surface area contributed by atoms with Crippen molar-refractivity contribution in [1.82, 2.24) is 5.32 Å². The summed E-state index contributed by atoms with van der Waals surface area (Å²) in [5.74, 6) is 0.613. The minimum Gasteiger partial charge on any atom is -0.369 e. The number of amides is 1. The maximum absolute atomic E-state index is 11.2. The first-order chi connectivity index (χ1) is 7.00. The van der Waals surface area contributed by atoms with Crippen LogP contribution in [-0.4, -0.2) is 18.0 Å². The van der Waals surface area contributed by atoms with Crippen molar-refractivity contribution in [3.05, 3.63) is 0 Å². The molecular weight excluding hydrogens is 188 g/mol. The lowest BCUT2D eigenvalue weighted by Gasteiger charge is -2.24. The molecule has 0 heterocycles. The average Bonchev–Trinajstić information content (AvgIpc) is 2.50. The van der Waals surface area contributed by atoms with Crippen molar-refractivity contribution in [3.63, 3.8) is 0 Å². The van der Waals surface area contributed by atoms with Gasteiger partial charge in [0.1, 0.15) is 0 Å². The Bertz CT molecular complexity index is 216. The molecule has 1 aliphatic carbocycles. The highest BCUT2D eigenvalue weighted by molar-refractivity contribution is 5.77. The Labute approximate surface area is 92.8 Å². The number of carbonyl (C=O) groups is 1. The molecule has 1 fully saturated rings. The van der Waals surface area contributed by atoms with Gasteiger partial charge in [-0.1, -0.05) is 20.3 Å². The lowest BCUT2D eigenvalue weighted by atomic mass is 9.99. The van der Waals surface area contributed by atoms with Crippen LogP contribution in [0.5, 0.6) is 0 Å². The van der Waals surface area contributed by atoms with Gasteiger partial charge in [-0.05, 0) is 32.1 Å². The molecule has 0 saturated heterocycles. The molecule has 3 heteroatoms. The van der Waals surface area contributed by atoms with Crippen molar-refractivity contribution in [3.8, 4) is 0 Å². The van der Waals surface area contributed by atoms with Gasteiger partial charge in [-0.25, -0.2) is 0 Å². The second-order valence-electron chi connectivity index (χ2n) is 5.24. The second-order valence-corrected chi connectivity index (χ2v) is 5.24. The van der Waals surface area contributed by atoms with Gasteiger partial charge in [-0.3, -0.25) is 4.79 Å². The lowest BCUT2D eigenvalue weighted by molar-refractivity contribution is -0.122. The molecule has 1 rings (SSSR count). The first kappa shape index (κ1) is 12.5. The van der Waals surface area contributed by atoms with E-state index in [0.29, 0.717) is 18.0 Å². The molecule has 0 aromatic carbocycles. The molecule has 0 aliphatic heterocycles. The SMILES string of the molecule is CC(C)CC(C)NC1CCCC1C(N)=O. The smallest absolute Gasteiger partial charge is 0.222 e. The minimum atomic E-state index is -0.137. The summed E-state index contributed by atoms with van der Waals surface area (Å²) in [4.78, 5) is 11.2. The van der Waals surface area contributed by atoms with E-state index in [1.807, 2.05) is 0 Å². The molecule has 3 N–H and O–H groups in total. The van der Waals surface area contributed by atoms with Crippen LogP contribution in [0.3, 0.4) is 0 Å². The standard InChI is InChI=1S/C12H24N2O/c1-8(2)7-9(3)14-11-6-4-5-10(11)12(13)15/h8-11,14H,4-7H2,1-3H3,(H2,13,15). The van der Waals surface area contributed by atoms with Gasteiger partial charge in [0.15, 0.2) is 0 Å². The third kappa shape index (κ3) is 3.82. The van der Waals surface area contributed by atoms with Crippen LogP contribution in [-0.2, 0) is 4.79 Å². The number of hydrogen-bond donors (Lipinski definition) is 2. The third-order valence-electron chi connectivity index (χ3n) is 3.20. The van der Waals surface area contributed by atoms with E-state index in [-0.39, 0.29) is 11.8 Å².